The van der Waals surface area contributed by atoms with Crippen molar-refractivity contribution in [1.82, 2.24) is 0 Å². The summed E-state index contributed by atoms with van der Waals surface area (Å²) in [5.74, 6) is 0.161. The van der Waals surface area contributed by atoms with Crippen LogP contribution < -0.4 is 10.2 Å². The van der Waals surface area contributed by atoms with Crippen LogP contribution in [0.3, 0.4) is 0 Å². The fourth-order valence-corrected chi connectivity index (χ4v) is 3.36. The number of carbonyl (C=O) groups is 2. The van der Waals surface area contributed by atoms with Gasteiger partial charge in [0.15, 0.2) is 0 Å². The zero-order chi connectivity index (χ0) is 15.5. The maximum absolute atomic E-state index is 12.0. The first-order valence-corrected chi connectivity index (χ1v) is 8.23. The standard InChI is InChI=1S/C17H18N2O2S/c1-19-15-7-5-13(11-12(15)4-9-17(19)21)18-16(20)8-6-14-3-2-10-22-14/h2-3,5,7,10-11H,4,6,8-9H2,1H3,(H,18,20). The van der Waals surface area contributed by atoms with Crippen molar-refractivity contribution in [2.24, 2.45) is 0 Å². The van der Waals surface area contributed by atoms with Gasteiger partial charge in [-0.25, -0.2) is 0 Å². The van der Waals surface area contributed by atoms with Gasteiger partial charge in [-0.05, 0) is 48.1 Å². The monoisotopic (exact) mass is 314 g/mol. The molecular formula is C17H18N2O2S. The van der Waals surface area contributed by atoms with Gasteiger partial charge in [0, 0.05) is 36.1 Å². The summed E-state index contributed by atoms with van der Waals surface area (Å²) in [5, 5.41) is 4.97. The topological polar surface area (TPSA) is 49.4 Å². The molecule has 4 nitrogen and oxygen atoms in total. The Kier molecular flexibility index (Phi) is 4.24. The first-order valence-electron chi connectivity index (χ1n) is 7.35. The molecule has 0 saturated heterocycles. The number of rotatable bonds is 4. The molecule has 1 aromatic carbocycles. The molecule has 22 heavy (non-hydrogen) atoms. The van der Waals surface area contributed by atoms with E-state index >= 15 is 0 Å². The molecule has 2 aromatic rings. The number of nitrogens with one attached hydrogen (secondary N) is 1. The van der Waals surface area contributed by atoms with Gasteiger partial charge in [-0.1, -0.05) is 6.07 Å². The van der Waals surface area contributed by atoms with Gasteiger partial charge in [-0.3, -0.25) is 9.59 Å². The molecule has 1 N–H and O–H groups in total. The second kappa shape index (κ2) is 6.32. The summed E-state index contributed by atoms with van der Waals surface area (Å²) in [6.45, 7) is 0. The minimum Gasteiger partial charge on any atom is -0.326 e. The molecule has 0 fully saturated rings. The number of thiophene rings is 1. The highest BCUT2D eigenvalue weighted by Gasteiger charge is 2.20. The lowest BCUT2D eigenvalue weighted by Gasteiger charge is -2.26. The van der Waals surface area contributed by atoms with Crippen molar-refractivity contribution in [1.29, 1.82) is 0 Å². The number of nitrogens with zero attached hydrogens (tertiary/aromatic N) is 1. The SMILES string of the molecule is CN1C(=O)CCc2cc(NC(=O)CCc3cccs3)ccc21. The van der Waals surface area contributed by atoms with Crippen molar-refractivity contribution in [3.05, 3.63) is 46.2 Å². The fourth-order valence-electron chi connectivity index (χ4n) is 2.65. The van der Waals surface area contributed by atoms with Crippen LogP contribution in [0.5, 0.6) is 0 Å². The van der Waals surface area contributed by atoms with E-state index in [0.717, 1.165) is 29.8 Å². The van der Waals surface area contributed by atoms with Gasteiger partial charge in [0.1, 0.15) is 0 Å². The Balaban J connectivity index is 1.63. The zero-order valence-electron chi connectivity index (χ0n) is 12.5. The van der Waals surface area contributed by atoms with Crippen LogP contribution in [0.1, 0.15) is 23.3 Å². The molecule has 1 aliphatic rings. The average Bonchev–Trinajstić information content (AvgIpc) is 3.02. The summed E-state index contributed by atoms with van der Waals surface area (Å²) in [4.78, 5) is 26.6. The first-order chi connectivity index (χ1) is 10.6. The molecule has 0 spiro atoms. The largest absolute Gasteiger partial charge is 0.326 e. The number of carbonyl (C=O) groups excluding carboxylic acids is 2. The predicted molar refractivity (Wildman–Crippen MR) is 89.4 cm³/mol. The van der Waals surface area contributed by atoms with Crippen LogP contribution in [0.4, 0.5) is 11.4 Å². The molecule has 0 aliphatic carbocycles. The second-order valence-corrected chi connectivity index (χ2v) is 6.46. The first kappa shape index (κ1) is 14.8. The quantitative estimate of drug-likeness (QED) is 0.942. The highest BCUT2D eigenvalue weighted by atomic mass is 32.1. The molecule has 3 rings (SSSR count). The van der Waals surface area contributed by atoms with Crippen LogP contribution in [0.25, 0.3) is 0 Å². The molecule has 5 heteroatoms. The smallest absolute Gasteiger partial charge is 0.227 e. The summed E-state index contributed by atoms with van der Waals surface area (Å²) in [5.41, 5.74) is 2.85. The normalized spacial score (nSPS) is 13.9. The third-order valence-corrected chi connectivity index (χ3v) is 4.82. The van der Waals surface area contributed by atoms with Crippen molar-refractivity contribution in [2.45, 2.75) is 25.7 Å². The minimum absolute atomic E-state index is 0.0218. The van der Waals surface area contributed by atoms with E-state index in [9.17, 15) is 9.59 Å². The lowest BCUT2D eigenvalue weighted by Crippen LogP contribution is -2.31. The third-order valence-electron chi connectivity index (χ3n) is 3.89. The number of benzene rings is 1. The van der Waals surface area contributed by atoms with Crippen LogP contribution in [0.15, 0.2) is 35.7 Å². The number of aryl methyl sites for hydroxylation is 2. The van der Waals surface area contributed by atoms with E-state index in [-0.39, 0.29) is 11.8 Å². The van der Waals surface area contributed by atoms with Gasteiger partial charge in [0.2, 0.25) is 11.8 Å². The second-order valence-electron chi connectivity index (χ2n) is 5.42. The Morgan fingerprint density at radius 2 is 2.18 bits per heavy atom. The van der Waals surface area contributed by atoms with Crippen LogP contribution in [0.2, 0.25) is 0 Å². The maximum atomic E-state index is 12.0. The summed E-state index contributed by atoms with van der Waals surface area (Å²) in [6, 6.07) is 9.78. The Bertz CT molecular complexity index is 695. The lowest BCUT2D eigenvalue weighted by molar-refractivity contribution is -0.118. The number of hydrogen-bond acceptors (Lipinski definition) is 3. The zero-order valence-corrected chi connectivity index (χ0v) is 13.3. The minimum atomic E-state index is 0.0218. The molecule has 1 aromatic heterocycles. The number of fused-ring (bicyclic) bond motifs is 1. The highest BCUT2D eigenvalue weighted by molar-refractivity contribution is 7.09. The molecule has 2 amide bonds. The Morgan fingerprint density at radius 3 is 2.95 bits per heavy atom. The Morgan fingerprint density at radius 1 is 1.32 bits per heavy atom. The number of hydrogen-bond donors (Lipinski definition) is 1. The summed E-state index contributed by atoms with van der Waals surface area (Å²) in [6.07, 6.45) is 2.51. The molecular weight excluding hydrogens is 296 g/mol. The van der Waals surface area contributed by atoms with E-state index in [4.69, 9.17) is 0 Å². The molecule has 0 saturated carbocycles. The molecule has 0 atom stereocenters. The van der Waals surface area contributed by atoms with Crippen molar-refractivity contribution in [3.8, 4) is 0 Å². The van der Waals surface area contributed by atoms with E-state index in [1.165, 1.54) is 4.88 Å². The average molecular weight is 314 g/mol. The van der Waals surface area contributed by atoms with Crippen molar-refractivity contribution < 1.29 is 9.59 Å². The van der Waals surface area contributed by atoms with E-state index in [2.05, 4.69) is 5.32 Å². The predicted octanol–water partition coefficient (Wildman–Crippen LogP) is 3.23. The highest BCUT2D eigenvalue weighted by Crippen LogP contribution is 2.29. The van der Waals surface area contributed by atoms with Crippen LogP contribution in [0, 0.1) is 0 Å². The maximum Gasteiger partial charge on any atom is 0.227 e. The van der Waals surface area contributed by atoms with Gasteiger partial charge in [0.25, 0.3) is 0 Å². The molecule has 0 bridgehead atoms. The summed E-state index contributed by atoms with van der Waals surface area (Å²) >= 11 is 1.67. The molecule has 1 aliphatic heterocycles. The van der Waals surface area contributed by atoms with Gasteiger partial charge >= 0.3 is 0 Å². The van der Waals surface area contributed by atoms with E-state index in [0.29, 0.717) is 12.8 Å². The van der Waals surface area contributed by atoms with E-state index in [1.54, 1.807) is 23.3 Å². The van der Waals surface area contributed by atoms with Crippen molar-refractivity contribution >= 4 is 34.5 Å². The Labute approximate surface area is 133 Å². The summed E-state index contributed by atoms with van der Waals surface area (Å²) in [7, 11) is 1.79. The molecule has 0 unspecified atom stereocenters. The van der Waals surface area contributed by atoms with Crippen molar-refractivity contribution in [2.75, 3.05) is 17.3 Å². The number of anilines is 2. The Hall–Kier alpha value is -2.14. The lowest BCUT2D eigenvalue weighted by atomic mass is 10.0. The number of amides is 2. The molecule has 2 heterocycles. The van der Waals surface area contributed by atoms with Crippen molar-refractivity contribution in [3.63, 3.8) is 0 Å². The fraction of sp³-hybridized carbons (Fsp3) is 0.294. The van der Waals surface area contributed by atoms with Crippen LogP contribution in [-0.2, 0) is 22.4 Å². The van der Waals surface area contributed by atoms with E-state index < -0.39 is 0 Å². The van der Waals surface area contributed by atoms with Gasteiger partial charge in [-0.2, -0.15) is 0 Å². The van der Waals surface area contributed by atoms with Gasteiger partial charge in [-0.15, -0.1) is 11.3 Å². The van der Waals surface area contributed by atoms with Gasteiger partial charge < -0.3 is 10.2 Å². The third kappa shape index (κ3) is 3.20. The van der Waals surface area contributed by atoms with Crippen LogP contribution >= 0.6 is 11.3 Å². The van der Waals surface area contributed by atoms with E-state index in [1.807, 2.05) is 35.7 Å². The van der Waals surface area contributed by atoms with Crippen LogP contribution in [-0.4, -0.2) is 18.9 Å². The summed E-state index contributed by atoms with van der Waals surface area (Å²) < 4.78 is 0. The van der Waals surface area contributed by atoms with Gasteiger partial charge in [0.05, 0.1) is 0 Å². The molecule has 0 radical (unpaired) electrons. The molecule has 114 valence electrons.